The Kier molecular flexibility index (Phi) is 4.92. The van der Waals surface area contributed by atoms with Crippen LogP contribution >= 0.6 is 0 Å². The molecule has 8 heteroatoms. The van der Waals surface area contributed by atoms with E-state index in [0.717, 1.165) is 5.56 Å². The molecule has 0 unspecified atom stereocenters. The summed E-state index contributed by atoms with van der Waals surface area (Å²) in [5.41, 5.74) is 2.14. The molecule has 1 aromatic heterocycles. The van der Waals surface area contributed by atoms with Gasteiger partial charge < -0.3 is 14.6 Å². The molecule has 2 aromatic rings. The van der Waals surface area contributed by atoms with Crippen LogP contribution < -0.4 is 5.32 Å². The Labute approximate surface area is 151 Å². The van der Waals surface area contributed by atoms with Crippen molar-refractivity contribution in [2.24, 2.45) is 0 Å². The van der Waals surface area contributed by atoms with E-state index in [2.05, 4.69) is 36.2 Å². The fourth-order valence-electron chi connectivity index (χ4n) is 2.54. The molecule has 2 amide bonds. The highest BCUT2D eigenvalue weighted by Gasteiger charge is 2.24. The molecule has 0 aliphatic carbocycles. The Hall–Kier alpha value is -2.90. The molecule has 1 aliphatic rings. The van der Waals surface area contributed by atoms with Crippen LogP contribution in [0.4, 0.5) is 4.79 Å². The summed E-state index contributed by atoms with van der Waals surface area (Å²) in [5.74, 6) is 0.466. The minimum absolute atomic E-state index is 0.0475. The van der Waals surface area contributed by atoms with Crippen LogP contribution in [-0.4, -0.2) is 46.7 Å². The second kappa shape index (κ2) is 7.15. The van der Waals surface area contributed by atoms with Crippen LogP contribution in [0.25, 0.3) is 11.4 Å². The number of hydrogen-bond acceptors (Lipinski definition) is 6. The van der Waals surface area contributed by atoms with Crippen LogP contribution in [0.5, 0.6) is 0 Å². The minimum atomic E-state index is -0.473. The first-order valence-electron chi connectivity index (χ1n) is 8.45. The molecule has 2 heterocycles. The van der Waals surface area contributed by atoms with Gasteiger partial charge in [0.15, 0.2) is 0 Å². The van der Waals surface area contributed by atoms with Crippen LogP contribution in [0.2, 0.25) is 0 Å². The lowest BCUT2D eigenvalue weighted by atomic mass is 9.87. The number of nitrogens with one attached hydrogen (secondary N) is 1. The van der Waals surface area contributed by atoms with Gasteiger partial charge in [0.25, 0.3) is 0 Å². The Bertz CT molecular complexity index is 792. The molecule has 1 N–H and O–H groups in total. The average Bonchev–Trinajstić information content (AvgIpc) is 3.22. The van der Waals surface area contributed by atoms with E-state index in [4.69, 9.17) is 9.26 Å². The van der Waals surface area contributed by atoms with Gasteiger partial charge in [-0.05, 0) is 11.0 Å². The van der Waals surface area contributed by atoms with Crippen molar-refractivity contribution in [3.8, 4) is 11.4 Å². The van der Waals surface area contributed by atoms with Gasteiger partial charge in [-0.25, -0.2) is 4.79 Å². The third-order valence-corrected chi connectivity index (χ3v) is 4.09. The number of aromatic nitrogens is 2. The molecule has 8 nitrogen and oxygen atoms in total. The number of ether oxygens (including phenoxy) is 1. The zero-order valence-corrected chi connectivity index (χ0v) is 15.1. The van der Waals surface area contributed by atoms with Crippen LogP contribution in [0, 0.1) is 0 Å². The van der Waals surface area contributed by atoms with Crippen LogP contribution in [0.1, 0.15) is 32.2 Å². The van der Waals surface area contributed by atoms with Crippen molar-refractivity contribution in [2.75, 3.05) is 19.7 Å². The van der Waals surface area contributed by atoms with Crippen molar-refractivity contribution in [1.29, 1.82) is 0 Å². The summed E-state index contributed by atoms with van der Waals surface area (Å²) in [6, 6.07) is 7.99. The molecule has 0 radical (unpaired) electrons. The SMILES string of the molecule is CC(C)(C)c1ccc(-c2noc(CNC(=O)CN3CCOC3=O)n2)cc1. The molecule has 0 spiro atoms. The molecule has 0 saturated carbocycles. The van der Waals surface area contributed by atoms with E-state index in [-0.39, 0.29) is 24.4 Å². The monoisotopic (exact) mass is 358 g/mol. The lowest BCUT2D eigenvalue weighted by Gasteiger charge is -2.18. The van der Waals surface area contributed by atoms with Gasteiger partial charge in [-0.3, -0.25) is 9.69 Å². The van der Waals surface area contributed by atoms with Crippen molar-refractivity contribution >= 4 is 12.0 Å². The molecular weight excluding hydrogens is 336 g/mol. The van der Waals surface area contributed by atoms with Gasteiger partial charge in [0, 0.05) is 5.56 Å². The van der Waals surface area contributed by atoms with Gasteiger partial charge in [0.2, 0.25) is 17.6 Å². The van der Waals surface area contributed by atoms with Crippen molar-refractivity contribution in [3.63, 3.8) is 0 Å². The first kappa shape index (κ1) is 17.9. The first-order chi connectivity index (χ1) is 12.3. The van der Waals surface area contributed by atoms with E-state index in [1.807, 2.05) is 24.3 Å². The molecule has 1 fully saturated rings. The number of carbonyl (C=O) groups excluding carboxylic acids is 2. The molecule has 1 aliphatic heterocycles. The van der Waals surface area contributed by atoms with Gasteiger partial charge in [-0.2, -0.15) is 4.98 Å². The maximum absolute atomic E-state index is 11.9. The normalized spacial score (nSPS) is 14.4. The molecule has 1 aromatic carbocycles. The van der Waals surface area contributed by atoms with Crippen molar-refractivity contribution in [1.82, 2.24) is 20.4 Å². The standard InChI is InChI=1S/C18H22N4O4/c1-18(2,3)13-6-4-12(5-7-13)16-20-15(26-21-16)10-19-14(23)11-22-8-9-25-17(22)24/h4-7H,8-11H2,1-3H3,(H,19,23). The Morgan fingerprint density at radius 1 is 1.27 bits per heavy atom. The summed E-state index contributed by atoms with van der Waals surface area (Å²) in [6.07, 6.45) is -0.473. The number of hydrogen-bond donors (Lipinski definition) is 1. The second-order valence-electron chi connectivity index (χ2n) is 7.15. The molecule has 0 atom stereocenters. The molecule has 26 heavy (non-hydrogen) atoms. The third-order valence-electron chi connectivity index (χ3n) is 4.09. The maximum Gasteiger partial charge on any atom is 0.410 e. The Morgan fingerprint density at radius 2 is 2.00 bits per heavy atom. The van der Waals surface area contributed by atoms with Crippen LogP contribution in [0.3, 0.4) is 0 Å². The fraction of sp³-hybridized carbons (Fsp3) is 0.444. The predicted molar refractivity (Wildman–Crippen MR) is 93.2 cm³/mol. The summed E-state index contributed by atoms with van der Waals surface area (Å²) in [6.45, 7) is 7.24. The maximum atomic E-state index is 11.9. The van der Waals surface area contributed by atoms with Crippen LogP contribution in [0.15, 0.2) is 28.8 Å². The first-order valence-corrected chi connectivity index (χ1v) is 8.45. The zero-order chi connectivity index (χ0) is 18.7. The highest BCUT2D eigenvalue weighted by molar-refractivity contribution is 5.82. The number of nitrogens with zero attached hydrogens (tertiary/aromatic N) is 3. The van der Waals surface area contributed by atoms with E-state index >= 15 is 0 Å². The van der Waals surface area contributed by atoms with Gasteiger partial charge in [-0.15, -0.1) is 0 Å². The highest BCUT2D eigenvalue weighted by atomic mass is 16.6. The zero-order valence-electron chi connectivity index (χ0n) is 15.1. The fourth-order valence-corrected chi connectivity index (χ4v) is 2.54. The Morgan fingerprint density at radius 3 is 2.62 bits per heavy atom. The number of amides is 2. The van der Waals surface area contributed by atoms with Gasteiger partial charge in [0.05, 0.1) is 13.1 Å². The second-order valence-corrected chi connectivity index (χ2v) is 7.15. The average molecular weight is 358 g/mol. The number of carbonyl (C=O) groups is 2. The van der Waals surface area contributed by atoms with E-state index < -0.39 is 6.09 Å². The van der Waals surface area contributed by atoms with Crippen molar-refractivity contribution in [2.45, 2.75) is 32.7 Å². The molecule has 3 rings (SSSR count). The molecular formula is C18H22N4O4. The van der Waals surface area contributed by atoms with E-state index in [0.29, 0.717) is 24.9 Å². The smallest absolute Gasteiger partial charge is 0.410 e. The van der Waals surface area contributed by atoms with Crippen molar-refractivity contribution < 1.29 is 18.8 Å². The lowest BCUT2D eigenvalue weighted by molar-refractivity contribution is -0.121. The number of cyclic esters (lactones) is 1. The minimum Gasteiger partial charge on any atom is -0.448 e. The topological polar surface area (TPSA) is 97.6 Å². The number of benzene rings is 1. The molecule has 138 valence electrons. The van der Waals surface area contributed by atoms with E-state index in [1.165, 1.54) is 10.5 Å². The van der Waals surface area contributed by atoms with E-state index in [9.17, 15) is 9.59 Å². The largest absolute Gasteiger partial charge is 0.448 e. The van der Waals surface area contributed by atoms with Crippen molar-refractivity contribution in [3.05, 3.63) is 35.7 Å². The Balaban J connectivity index is 1.56. The van der Waals surface area contributed by atoms with Gasteiger partial charge >= 0.3 is 6.09 Å². The molecule has 0 bridgehead atoms. The summed E-state index contributed by atoms with van der Waals surface area (Å²) >= 11 is 0. The third kappa shape index (κ3) is 4.19. The predicted octanol–water partition coefficient (Wildman–Crippen LogP) is 2.10. The quantitative estimate of drug-likeness (QED) is 0.879. The summed E-state index contributed by atoms with van der Waals surface area (Å²) < 4.78 is 9.95. The summed E-state index contributed by atoms with van der Waals surface area (Å²) in [4.78, 5) is 28.8. The van der Waals surface area contributed by atoms with Crippen LogP contribution in [-0.2, 0) is 21.5 Å². The molecule has 1 saturated heterocycles. The van der Waals surface area contributed by atoms with E-state index in [1.54, 1.807) is 0 Å². The highest BCUT2D eigenvalue weighted by Crippen LogP contribution is 2.24. The summed E-state index contributed by atoms with van der Waals surface area (Å²) in [5, 5.41) is 6.61. The van der Waals surface area contributed by atoms with Gasteiger partial charge in [-0.1, -0.05) is 50.2 Å². The van der Waals surface area contributed by atoms with Gasteiger partial charge in [0.1, 0.15) is 13.2 Å². The number of rotatable bonds is 5. The lowest BCUT2D eigenvalue weighted by Crippen LogP contribution is -2.37. The summed E-state index contributed by atoms with van der Waals surface area (Å²) in [7, 11) is 0.